The highest BCUT2D eigenvalue weighted by atomic mass is 19.1. The van der Waals surface area contributed by atoms with Crippen LogP contribution in [0.15, 0.2) is 48.8 Å². The summed E-state index contributed by atoms with van der Waals surface area (Å²) < 4.78 is 24.4. The molecule has 0 spiro atoms. The summed E-state index contributed by atoms with van der Waals surface area (Å²) in [5, 5.41) is 10.1. The summed E-state index contributed by atoms with van der Waals surface area (Å²) >= 11 is 0. The summed E-state index contributed by atoms with van der Waals surface area (Å²) in [6, 6.07) is 10.4. The minimum atomic E-state index is -0.640. The molecule has 1 amide bonds. The number of aromatic nitrogens is 5. The van der Waals surface area contributed by atoms with E-state index in [-0.39, 0.29) is 12.2 Å². The second-order valence-corrected chi connectivity index (χ2v) is 6.56. The number of nitrogens with zero attached hydrogens (tertiary/aromatic N) is 5. The highest BCUT2D eigenvalue weighted by Gasteiger charge is 2.12. The van der Waals surface area contributed by atoms with Crippen LogP contribution in [-0.2, 0) is 0 Å². The topological polar surface area (TPSA) is 116 Å². The van der Waals surface area contributed by atoms with Crippen LogP contribution in [0.25, 0.3) is 16.9 Å². The van der Waals surface area contributed by atoms with Gasteiger partial charge in [0.05, 0.1) is 26.1 Å². The minimum Gasteiger partial charge on any atom is -0.491 e. The van der Waals surface area contributed by atoms with E-state index >= 15 is 0 Å². The number of hydrogen-bond acceptors (Lipinski definition) is 8. The Labute approximate surface area is 182 Å². The van der Waals surface area contributed by atoms with Gasteiger partial charge in [0.2, 0.25) is 0 Å². The molecule has 2 N–H and O–H groups in total. The number of imidazole rings is 1. The summed E-state index contributed by atoms with van der Waals surface area (Å²) in [4.78, 5) is 24.9. The van der Waals surface area contributed by atoms with E-state index in [4.69, 9.17) is 9.47 Å². The van der Waals surface area contributed by atoms with E-state index in [1.807, 2.05) is 12.1 Å². The Morgan fingerprint density at radius 1 is 1.12 bits per heavy atom. The summed E-state index contributed by atoms with van der Waals surface area (Å²) in [6.45, 7) is -0.701. The average molecular weight is 437 g/mol. The number of methoxy groups -OCH3 is 2. The molecule has 0 saturated heterocycles. The van der Waals surface area contributed by atoms with Crippen molar-refractivity contribution in [3.05, 3.63) is 54.5 Å². The molecule has 4 aromatic heterocycles. The fourth-order valence-corrected chi connectivity index (χ4v) is 2.98. The number of rotatable bonds is 8. The number of nitrogens with one attached hydrogen (secondary N) is 2. The van der Waals surface area contributed by atoms with Gasteiger partial charge >= 0.3 is 0 Å². The van der Waals surface area contributed by atoms with Gasteiger partial charge in [-0.2, -0.15) is 5.10 Å². The number of fused-ring (bicyclic) bond motifs is 1. The first-order valence-corrected chi connectivity index (χ1v) is 9.64. The number of alkyl halides is 1. The molecular weight excluding hydrogens is 417 g/mol. The lowest BCUT2D eigenvalue weighted by molar-refractivity contribution is 0.0946. The van der Waals surface area contributed by atoms with Gasteiger partial charge in [0.15, 0.2) is 17.2 Å². The van der Waals surface area contributed by atoms with Crippen molar-refractivity contribution in [2.24, 2.45) is 0 Å². The van der Waals surface area contributed by atoms with Gasteiger partial charge < -0.3 is 20.1 Å². The lowest BCUT2D eigenvalue weighted by Crippen LogP contribution is -2.26. The first-order chi connectivity index (χ1) is 15.6. The van der Waals surface area contributed by atoms with Crippen LogP contribution < -0.4 is 20.1 Å². The molecule has 0 saturated carbocycles. The first kappa shape index (κ1) is 21.0. The van der Waals surface area contributed by atoms with Crippen molar-refractivity contribution in [3.63, 3.8) is 0 Å². The van der Waals surface area contributed by atoms with Crippen molar-refractivity contribution in [1.82, 2.24) is 29.9 Å². The fraction of sp³-hybridized carbons (Fsp3) is 0.190. The maximum Gasteiger partial charge on any atom is 0.270 e. The van der Waals surface area contributed by atoms with Crippen LogP contribution in [0.1, 0.15) is 10.5 Å². The largest absolute Gasteiger partial charge is 0.491 e. The zero-order chi connectivity index (χ0) is 22.5. The number of ether oxygens (including phenoxy) is 2. The number of anilines is 2. The Balaban J connectivity index is 1.57. The zero-order valence-electron chi connectivity index (χ0n) is 17.4. The van der Waals surface area contributed by atoms with Crippen molar-refractivity contribution >= 4 is 23.2 Å². The monoisotopic (exact) mass is 437 g/mol. The van der Waals surface area contributed by atoms with Crippen molar-refractivity contribution in [2.75, 3.05) is 32.8 Å². The Morgan fingerprint density at radius 3 is 2.78 bits per heavy atom. The molecule has 164 valence electrons. The van der Waals surface area contributed by atoms with Gasteiger partial charge in [-0.3, -0.25) is 4.79 Å². The average Bonchev–Trinajstić information content (AvgIpc) is 3.23. The Hall–Kier alpha value is -4.28. The number of halogens is 1. The van der Waals surface area contributed by atoms with Crippen molar-refractivity contribution < 1.29 is 18.7 Å². The van der Waals surface area contributed by atoms with Crippen LogP contribution in [0, 0.1) is 0 Å². The van der Waals surface area contributed by atoms with Gasteiger partial charge in [-0.15, -0.1) is 0 Å². The van der Waals surface area contributed by atoms with E-state index in [1.165, 1.54) is 7.11 Å². The third kappa shape index (κ3) is 4.41. The van der Waals surface area contributed by atoms with Gasteiger partial charge in [-0.25, -0.2) is 23.9 Å². The van der Waals surface area contributed by atoms with Crippen molar-refractivity contribution in [1.29, 1.82) is 0 Å². The SMILES string of the molecule is COc1cc(-c2ccc3nc(Nc4cccc(C(=O)NCCF)n4)cn3n2)cnc1OC. The molecule has 4 heterocycles. The molecule has 10 nitrogen and oxygen atoms in total. The summed E-state index contributed by atoms with van der Waals surface area (Å²) in [6.07, 6.45) is 3.35. The van der Waals surface area contributed by atoms with Crippen LogP contribution in [-0.4, -0.2) is 57.9 Å². The second kappa shape index (κ2) is 9.25. The normalized spacial score (nSPS) is 10.7. The molecule has 32 heavy (non-hydrogen) atoms. The van der Waals surface area contributed by atoms with Crippen LogP contribution in [0.5, 0.6) is 11.6 Å². The maximum absolute atomic E-state index is 12.3. The number of hydrogen-bond donors (Lipinski definition) is 2. The molecule has 0 aliphatic heterocycles. The molecule has 11 heteroatoms. The molecular formula is C21H20FN7O3. The molecule has 0 aliphatic rings. The predicted molar refractivity (Wildman–Crippen MR) is 115 cm³/mol. The van der Waals surface area contributed by atoms with E-state index in [2.05, 4.69) is 30.7 Å². The third-order valence-corrected chi connectivity index (χ3v) is 4.47. The van der Waals surface area contributed by atoms with Gasteiger partial charge in [-0.05, 0) is 30.3 Å². The van der Waals surface area contributed by atoms with Crippen molar-refractivity contribution in [3.8, 4) is 22.9 Å². The van der Waals surface area contributed by atoms with E-state index in [1.54, 1.807) is 48.3 Å². The zero-order valence-corrected chi connectivity index (χ0v) is 17.4. The van der Waals surface area contributed by atoms with Crippen LogP contribution in [0.2, 0.25) is 0 Å². The third-order valence-electron chi connectivity index (χ3n) is 4.47. The number of pyridine rings is 2. The standard InChI is InChI=1S/C21H20FN7O3/c1-31-16-10-13(11-24-21(16)32-2)14-6-7-19-27-18(12-29(19)28-14)26-17-5-3-4-15(25-17)20(30)23-9-8-22/h3-7,10-12H,8-9H2,1-2H3,(H,23,30)(H,25,26). The lowest BCUT2D eigenvalue weighted by atomic mass is 10.2. The molecule has 0 aliphatic carbocycles. The van der Waals surface area contributed by atoms with E-state index in [0.717, 1.165) is 5.56 Å². The van der Waals surface area contributed by atoms with E-state index < -0.39 is 12.6 Å². The summed E-state index contributed by atoms with van der Waals surface area (Å²) in [5.41, 5.74) is 2.20. The summed E-state index contributed by atoms with van der Waals surface area (Å²) in [7, 11) is 3.07. The quantitative estimate of drug-likeness (QED) is 0.432. The molecule has 0 atom stereocenters. The number of amides is 1. The second-order valence-electron chi connectivity index (χ2n) is 6.56. The first-order valence-electron chi connectivity index (χ1n) is 9.64. The van der Waals surface area contributed by atoms with Gasteiger partial charge in [0.25, 0.3) is 11.8 Å². The van der Waals surface area contributed by atoms with Gasteiger partial charge in [0.1, 0.15) is 18.2 Å². The Bertz CT molecular complexity index is 1260. The minimum absolute atomic E-state index is 0.0613. The highest BCUT2D eigenvalue weighted by Crippen LogP contribution is 2.29. The molecule has 0 radical (unpaired) electrons. The molecule has 0 bridgehead atoms. The molecule has 4 rings (SSSR count). The Morgan fingerprint density at radius 2 is 2.00 bits per heavy atom. The maximum atomic E-state index is 12.3. The van der Waals surface area contributed by atoms with Gasteiger partial charge in [-0.1, -0.05) is 6.07 Å². The van der Waals surface area contributed by atoms with E-state index in [9.17, 15) is 9.18 Å². The smallest absolute Gasteiger partial charge is 0.270 e. The van der Waals surface area contributed by atoms with Crippen LogP contribution in [0.3, 0.4) is 0 Å². The van der Waals surface area contributed by atoms with Gasteiger partial charge in [0, 0.05) is 18.3 Å². The van der Waals surface area contributed by atoms with E-state index in [0.29, 0.717) is 34.6 Å². The highest BCUT2D eigenvalue weighted by molar-refractivity contribution is 5.92. The van der Waals surface area contributed by atoms with Crippen molar-refractivity contribution in [2.45, 2.75) is 0 Å². The Kier molecular flexibility index (Phi) is 6.06. The molecule has 4 aromatic rings. The molecule has 0 unspecified atom stereocenters. The predicted octanol–water partition coefficient (Wildman–Crippen LogP) is 2.65. The molecule has 0 aromatic carbocycles. The summed E-state index contributed by atoms with van der Waals surface area (Å²) in [5.74, 6) is 1.36. The number of carbonyl (C=O) groups is 1. The number of carbonyl (C=O) groups excluding carboxylic acids is 1. The molecule has 0 fully saturated rings. The lowest BCUT2D eigenvalue weighted by Gasteiger charge is -2.08. The van der Waals surface area contributed by atoms with Crippen LogP contribution >= 0.6 is 0 Å². The van der Waals surface area contributed by atoms with Crippen LogP contribution in [0.4, 0.5) is 16.0 Å². The fourth-order valence-electron chi connectivity index (χ4n) is 2.98.